The van der Waals surface area contributed by atoms with E-state index in [1.165, 1.54) is 0 Å². The van der Waals surface area contributed by atoms with E-state index in [0.29, 0.717) is 28.0 Å². The number of aromatic nitrogens is 2. The first-order valence-corrected chi connectivity index (χ1v) is 7.84. The minimum Gasteiger partial charge on any atom is -0.355 e. The Kier molecular flexibility index (Phi) is 3.45. The van der Waals surface area contributed by atoms with Crippen molar-refractivity contribution in [2.45, 2.75) is 5.25 Å². The highest BCUT2D eigenvalue weighted by Crippen LogP contribution is 2.29. The fourth-order valence-electron chi connectivity index (χ4n) is 1.82. The van der Waals surface area contributed by atoms with Gasteiger partial charge in [-0.05, 0) is 40.2 Å². The molecule has 2 N–H and O–H groups in total. The number of rotatable bonds is 4. The molecule has 96 valence electrons. The van der Waals surface area contributed by atoms with E-state index in [1.54, 1.807) is 24.3 Å². The highest BCUT2D eigenvalue weighted by Gasteiger charge is 2.27. The first-order chi connectivity index (χ1) is 8.41. The summed E-state index contributed by atoms with van der Waals surface area (Å²) < 4.78 is 24.5. The molecule has 0 aliphatic heterocycles. The number of carbonyl (C=O) groups is 1. The van der Waals surface area contributed by atoms with Crippen molar-refractivity contribution in [1.29, 1.82) is 0 Å². The van der Waals surface area contributed by atoms with E-state index in [1.807, 2.05) is 0 Å². The molecular formula is C11H11BrN2O3S. The predicted octanol–water partition coefficient (Wildman–Crippen LogP) is 2.05. The van der Waals surface area contributed by atoms with Gasteiger partial charge >= 0.3 is 0 Å². The van der Waals surface area contributed by atoms with Crippen LogP contribution >= 0.6 is 15.9 Å². The molecule has 0 saturated carbocycles. The highest BCUT2D eigenvalue weighted by atomic mass is 79.9. The first-order valence-electron chi connectivity index (χ1n) is 5.09. The van der Waals surface area contributed by atoms with Crippen molar-refractivity contribution in [1.82, 2.24) is 9.97 Å². The molecule has 2 aromatic heterocycles. The second-order valence-corrected chi connectivity index (χ2v) is 6.94. The van der Waals surface area contributed by atoms with Crippen molar-refractivity contribution in [2.24, 2.45) is 0 Å². The van der Waals surface area contributed by atoms with Gasteiger partial charge in [-0.25, -0.2) is 8.42 Å². The average molecular weight is 331 g/mol. The van der Waals surface area contributed by atoms with E-state index >= 15 is 0 Å². The molecule has 0 bridgehead atoms. The van der Waals surface area contributed by atoms with Crippen LogP contribution in [0.15, 0.2) is 28.9 Å². The van der Waals surface area contributed by atoms with E-state index in [0.717, 1.165) is 6.26 Å². The summed E-state index contributed by atoms with van der Waals surface area (Å²) in [5.74, 6) is 0. The molecule has 7 heteroatoms. The van der Waals surface area contributed by atoms with E-state index in [2.05, 4.69) is 25.9 Å². The van der Waals surface area contributed by atoms with Crippen LogP contribution in [0.3, 0.4) is 0 Å². The maximum Gasteiger partial charge on any atom is 0.166 e. The Hall–Kier alpha value is -1.34. The number of hydrogen-bond donors (Lipinski definition) is 2. The summed E-state index contributed by atoms with van der Waals surface area (Å²) in [7, 11) is -3.35. The van der Waals surface area contributed by atoms with Crippen molar-refractivity contribution < 1.29 is 13.2 Å². The monoisotopic (exact) mass is 330 g/mol. The first kappa shape index (κ1) is 13.1. The van der Waals surface area contributed by atoms with Gasteiger partial charge in [-0.1, -0.05) is 0 Å². The number of nitrogens with one attached hydrogen (secondary N) is 2. The van der Waals surface area contributed by atoms with Crippen LogP contribution in [-0.2, 0) is 9.84 Å². The lowest BCUT2D eigenvalue weighted by atomic mass is 10.2. The van der Waals surface area contributed by atoms with Gasteiger partial charge in [0.2, 0.25) is 0 Å². The summed E-state index contributed by atoms with van der Waals surface area (Å²) in [4.78, 5) is 16.4. The Morgan fingerprint density at radius 3 is 2.22 bits per heavy atom. The normalized spacial score (nSPS) is 13.4. The molecule has 0 radical (unpaired) electrons. The molecule has 0 aromatic carbocycles. The fourth-order valence-corrected chi connectivity index (χ4v) is 3.38. The molecule has 0 saturated heterocycles. The maximum absolute atomic E-state index is 11.9. The van der Waals surface area contributed by atoms with Crippen LogP contribution in [-0.4, -0.2) is 30.9 Å². The molecule has 1 unspecified atom stereocenters. The van der Waals surface area contributed by atoms with Crippen molar-refractivity contribution in [2.75, 3.05) is 6.26 Å². The Morgan fingerprint density at radius 2 is 1.78 bits per heavy atom. The Labute approximate surface area is 113 Å². The zero-order chi connectivity index (χ0) is 13.3. The van der Waals surface area contributed by atoms with Gasteiger partial charge in [0, 0.05) is 17.6 Å². The van der Waals surface area contributed by atoms with Crippen LogP contribution in [0.1, 0.15) is 27.1 Å². The molecule has 0 aliphatic rings. The number of aldehydes is 1. The van der Waals surface area contributed by atoms with Gasteiger partial charge < -0.3 is 9.97 Å². The molecule has 0 aliphatic carbocycles. The van der Waals surface area contributed by atoms with Crippen LogP contribution in [0.25, 0.3) is 0 Å². The molecule has 18 heavy (non-hydrogen) atoms. The number of hydrogen-bond acceptors (Lipinski definition) is 3. The molecule has 2 aromatic rings. The second kappa shape index (κ2) is 4.74. The van der Waals surface area contributed by atoms with Crippen molar-refractivity contribution in [3.63, 3.8) is 0 Å². The van der Waals surface area contributed by atoms with E-state index in [4.69, 9.17) is 0 Å². The van der Waals surface area contributed by atoms with Crippen LogP contribution < -0.4 is 0 Å². The molecule has 2 rings (SSSR count). The standard InChI is InChI=1S/C11H11BrN2O3S/c1-18(16,17)11(9-4-5-10(12)14-9)8-3-2-7(6-15)13-8/h2-6,11,13-14H,1H3. The summed E-state index contributed by atoms with van der Waals surface area (Å²) in [6.45, 7) is 0. The largest absolute Gasteiger partial charge is 0.355 e. The van der Waals surface area contributed by atoms with Crippen LogP contribution in [0.5, 0.6) is 0 Å². The highest BCUT2D eigenvalue weighted by molar-refractivity contribution is 9.10. The van der Waals surface area contributed by atoms with Crippen molar-refractivity contribution in [3.05, 3.63) is 46.0 Å². The van der Waals surface area contributed by atoms with Crippen LogP contribution in [0.4, 0.5) is 0 Å². The third-order valence-electron chi connectivity index (χ3n) is 2.52. The number of halogens is 1. The number of H-pyrrole nitrogens is 2. The van der Waals surface area contributed by atoms with Crippen molar-refractivity contribution >= 4 is 32.1 Å². The summed E-state index contributed by atoms with van der Waals surface area (Å²) >= 11 is 3.24. The van der Waals surface area contributed by atoms with Gasteiger partial charge in [-0.2, -0.15) is 0 Å². The number of carbonyl (C=O) groups excluding carboxylic acids is 1. The molecule has 1 atom stereocenters. The zero-order valence-electron chi connectivity index (χ0n) is 9.48. The van der Waals surface area contributed by atoms with Gasteiger partial charge in [0.1, 0.15) is 5.25 Å². The summed E-state index contributed by atoms with van der Waals surface area (Å²) in [5, 5.41) is -0.836. The average Bonchev–Trinajstić information content (AvgIpc) is 2.86. The molecular weight excluding hydrogens is 320 g/mol. The lowest BCUT2D eigenvalue weighted by molar-refractivity contribution is 0.111. The minimum atomic E-state index is -3.35. The summed E-state index contributed by atoms with van der Waals surface area (Å²) in [6, 6.07) is 6.58. The van der Waals surface area contributed by atoms with Gasteiger partial charge in [0.05, 0.1) is 10.3 Å². The predicted molar refractivity (Wildman–Crippen MR) is 71.4 cm³/mol. The lowest BCUT2D eigenvalue weighted by Crippen LogP contribution is -2.14. The van der Waals surface area contributed by atoms with Crippen LogP contribution in [0, 0.1) is 0 Å². The smallest absolute Gasteiger partial charge is 0.166 e. The molecule has 0 fully saturated rings. The summed E-state index contributed by atoms with van der Waals surface area (Å²) in [6.07, 6.45) is 1.81. The van der Waals surface area contributed by atoms with Gasteiger partial charge in [-0.3, -0.25) is 4.79 Å². The lowest BCUT2D eigenvalue weighted by Gasteiger charge is -2.12. The Bertz CT molecular complexity index is 672. The van der Waals surface area contributed by atoms with E-state index in [9.17, 15) is 13.2 Å². The zero-order valence-corrected chi connectivity index (χ0v) is 11.9. The topological polar surface area (TPSA) is 82.8 Å². The van der Waals surface area contributed by atoms with Crippen LogP contribution in [0.2, 0.25) is 0 Å². The number of aromatic amines is 2. The third kappa shape index (κ3) is 2.56. The fraction of sp³-hybridized carbons (Fsp3) is 0.182. The molecule has 0 amide bonds. The van der Waals surface area contributed by atoms with E-state index in [-0.39, 0.29) is 0 Å². The third-order valence-corrected chi connectivity index (χ3v) is 4.35. The van der Waals surface area contributed by atoms with Gasteiger partial charge in [-0.15, -0.1) is 0 Å². The Morgan fingerprint density at radius 1 is 1.17 bits per heavy atom. The maximum atomic E-state index is 11.9. The summed E-state index contributed by atoms with van der Waals surface area (Å²) in [5.41, 5.74) is 1.36. The Balaban J connectivity index is 2.53. The van der Waals surface area contributed by atoms with Crippen molar-refractivity contribution in [3.8, 4) is 0 Å². The number of sulfone groups is 1. The molecule has 2 heterocycles. The molecule has 0 spiro atoms. The molecule has 5 nitrogen and oxygen atoms in total. The minimum absolute atomic E-state index is 0.351. The van der Waals surface area contributed by atoms with Gasteiger partial charge in [0.15, 0.2) is 16.1 Å². The quantitative estimate of drug-likeness (QED) is 0.841. The van der Waals surface area contributed by atoms with E-state index < -0.39 is 15.1 Å². The SMILES string of the molecule is CS(=O)(=O)C(c1ccc(Br)[nH]1)c1ccc(C=O)[nH]1. The van der Waals surface area contributed by atoms with Gasteiger partial charge in [0.25, 0.3) is 0 Å². The second-order valence-electron chi connectivity index (χ2n) is 3.96.